The summed E-state index contributed by atoms with van der Waals surface area (Å²) in [5, 5.41) is 5.22. The molecule has 1 heterocycles. The van der Waals surface area contributed by atoms with E-state index in [4.69, 9.17) is 0 Å². The Balaban J connectivity index is 1.62. The maximum absolute atomic E-state index is 12.1. The van der Waals surface area contributed by atoms with E-state index >= 15 is 0 Å². The minimum absolute atomic E-state index is 0.00280. The number of nitrogens with one attached hydrogen (secondary N) is 2. The number of carbonyl (C=O) groups excluding carboxylic acids is 3. The summed E-state index contributed by atoms with van der Waals surface area (Å²) in [6.45, 7) is 2.54. The highest BCUT2D eigenvalue weighted by molar-refractivity contribution is 6.39. The fourth-order valence-electron chi connectivity index (χ4n) is 3.05. The van der Waals surface area contributed by atoms with E-state index in [0.717, 1.165) is 29.7 Å². The average molecular weight is 351 g/mol. The van der Waals surface area contributed by atoms with Crippen molar-refractivity contribution in [1.82, 2.24) is 5.32 Å². The number of hydrogen-bond donors (Lipinski definition) is 2. The van der Waals surface area contributed by atoms with Crippen molar-refractivity contribution in [2.45, 2.75) is 26.3 Å². The van der Waals surface area contributed by atoms with Crippen LogP contribution in [-0.2, 0) is 27.3 Å². The Labute approximate surface area is 152 Å². The van der Waals surface area contributed by atoms with Gasteiger partial charge in [-0.25, -0.2) is 0 Å². The first-order valence-electron chi connectivity index (χ1n) is 8.59. The SMILES string of the molecule is CC(=O)N1CCCc2cc(NC(=O)C(=O)NCc3ccccc3)ccc21. The largest absolute Gasteiger partial charge is 0.344 e. The molecule has 6 heteroatoms. The van der Waals surface area contributed by atoms with Crippen LogP contribution in [0, 0.1) is 0 Å². The van der Waals surface area contributed by atoms with E-state index in [1.807, 2.05) is 42.5 Å². The quantitative estimate of drug-likeness (QED) is 0.833. The van der Waals surface area contributed by atoms with Gasteiger partial charge in [-0.3, -0.25) is 14.4 Å². The number of anilines is 2. The molecular formula is C20H21N3O3. The van der Waals surface area contributed by atoms with Gasteiger partial charge in [-0.1, -0.05) is 30.3 Å². The zero-order chi connectivity index (χ0) is 18.5. The summed E-state index contributed by atoms with van der Waals surface area (Å²) in [5.74, 6) is -1.39. The molecule has 0 bridgehead atoms. The lowest BCUT2D eigenvalue weighted by molar-refractivity contribution is -0.136. The van der Waals surface area contributed by atoms with Gasteiger partial charge in [0.05, 0.1) is 0 Å². The van der Waals surface area contributed by atoms with E-state index in [-0.39, 0.29) is 5.91 Å². The number of rotatable bonds is 3. The van der Waals surface area contributed by atoms with Crippen LogP contribution >= 0.6 is 0 Å². The second-order valence-electron chi connectivity index (χ2n) is 6.24. The summed E-state index contributed by atoms with van der Waals surface area (Å²) in [4.78, 5) is 37.5. The topological polar surface area (TPSA) is 78.5 Å². The minimum Gasteiger partial charge on any atom is -0.344 e. The highest BCUT2D eigenvalue weighted by Crippen LogP contribution is 2.29. The number of nitrogens with zero attached hydrogens (tertiary/aromatic N) is 1. The summed E-state index contributed by atoms with van der Waals surface area (Å²) in [5.41, 5.74) is 3.34. The molecule has 0 radical (unpaired) electrons. The summed E-state index contributed by atoms with van der Waals surface area (Å²) in [6, 6.07) is 14.7. The van der Waals surface area contributed by atoms with Crippen LogP contribution in [0.15, 0.2) is 48.5 Å². The monoisotopic (exact) mass is 351 g/mol. The second kappa shape index (κ2) is 7.82. The van der Waals surface area contributed by atoms with Crippen LogP contribution in [0.4, 0.5) is 11.4 Å². The second-order valence-corrected chi connectivity index (χ2v) is 6.24. The number of amides is 3. The first-order chi connectivity index (χ1) is 12.5. The van der Waals surface area contributed by atoms with Crippen LogP contribution in [0.1, 0.15) is 24.5 Å². The van der Waals surface area contributed by atoms with E-state index in [1.165, 1.54) is 0 Å². The Morgan fingerprint density at radius 3 is 2.54 bits per heavy atom. The first kappa shape index (κ1) is 17.7. The van der Waals surface area contributed by atoms with Crippen molar-refractivity contribution in [3.63, 3.8) is 0 Å². The molecule has 2 aromatic rings. The summed E-state index contributed by atoms with van der Waals surface area (Å²) in [7, 11) is 0. The molecule has 0 saturated heterocycles. The Hall–Kier alpha value is -3.15. The molecule has 26 heavy (non-hydrogen) atoms. The summed E-state index contributed by atoms with van der Waals surface area (Å²) >= 11 is 0. The van der Waals surface area contributed by atoms with Crippen LogP contribution in [-0.4, -0.2) is 24.3 Å². The zero-order valence-corrected chi connectivity index (χ0v) is 14.6. The normalized spacial score (nSPS) is 12.9. The molecule has 1 aliphatic heterocycles. The molecule has 0 aliphatic carbocycles. The van der Waals surface area contributed by atoms with Gasteiger partial charge >= 0.3 is 11.8 Å². The molecule has 0 aromatic heterocycles. The number of benzene rings is 2. The van der Waals surface area contributed by atoms with Gasteiger partial charge in [0.2, 0.25) is 5.91 Å². The molecule has 0 atom stereocenters. The van der Waals surface area contributed by atoms with Gasteiger partial charge in [0, 0.05) is 31.4 Å². The first-order valence-corrected chi connectivity index (χ1v) is 8.59. The third-order valence-electron chi connectivity index (χ3n) is 4.34. The van der Waals surface area contributed by atoms with Crippen LogP contribution in [0.25, 0.3) is 0 Å². The molecular weight excluding hydrogens is 330 g/mol. The highest BCUT2D eigenvalue weighted by Gasteiger charge is 2.21. The fourth-order valence-corrected chi connectivity index (χ4v) is 3.05. The van der Waals surface area contributed by atoms with Crippen molar-refractivity contribution < 1.29 is 14.4 Å². The number of aryl methyl sites for hydroxylation is 1. The van der Waals surface area contributed by atoms with Crippen molar-refractivity contribution >= 4 is 29.1 Å². The number of carbonyl (C=O) groups is 3. The van der Waals surface area contributed by atoms with E-state index in [2.05, 4.69) is 10.6 Å². The number of hydrogen-bond acceptors (Lipinski definition) is 3. The third kappa shape index (κ3) is 4.08. The van der Waals surface area contributed by atoms with Crippen LogP contribution in [0.2, 0.25) is 0 Å². The van der Waals surface area contributed by atoms with Gasteiger partial charge in [-0.05, 0) is 42.2 Å². The predicted molar refractivity (Wildman–Crippen MR) is 99.7 cm³/mol. The van der Waals surface area contributed by atoms with Crippen LogP contribution in [0.3, 0.4) is 0 Å². The molecule has 1 aliphatic rings. The predicted octanol–water partition coefficient (Wildman–Crippen LogP) is 2.24. The third-order valence-corrected chi connectivity index (χ3v) is 4.34. The van der Waals surface area contributed by atoms with Crippen molar-refractivity contribution in [1.29, 1.82) is 0 Å². The standard InChI is InChI=1S/C20H21N3O3/c1-14(24)23-11-5-8-16-12-17(9-10-18(16)23)22-20(26)19(25)21-13-15-6-3-2-4-7-15/h2-4,6-7,9-10,12H,5,8,11,13H2,1H3,(H,21,25)(H,22,26). The maximum atomic E-state index is 12.1. The smallest absolute Gasteiger partial charge is 0.313 e. The Bertz CT molecular complexity index is 833. The molecule has 6 nitrogen and oxygen atoms in total. The molecule has 0 saturated carbocycles. The van der Waals surface area contributed by atoms with Gasteiger partial charge in [-0.2, -0.15) is 0 Å². The van der Waals surface area contributed by atoms with E-state index in [1.54, 1.807) is 17.9 Å². The Morgan fingerprint density at radius 1 is 1.04 bits per heavy atom. The van der Waals surface area contributed by atoms with Crippen molar-refractivity contribution in [2.75, 3.05) is 16.8 Å². The minimum atomic E-state index is -0.708. The number of fused-ring (bicyclic) bond motifs is 1. The molecule has 2 N–H and O–H groups in total. The van der Waals surface area contributed by atoms with Gasteiger partial charge in [0.1, 0.15) is 0 Å². The zero-order valence-electron chi connectivity index (χ0n) is 14.6. The lowest BCUT2D eigenvalue weighted by atomic mass is 10.0. The van der Waals surface area contributed by atoms with Gasteiger partial charge in [0.25, 0.3) is 0 Å². The molecule has 0 fully saturated rings. The van der Waals surface area contributed by atoms with Crippen LogP contribution in [0.5, 0.6) is 0 Å². The average Bonchev–Trinajstić information content (AvgIpc) is 2.66. The van der Waals surface area contributed by atoms with E-state index < -0.39 is 11.8 Å². The van der Waals surface area contributed by atoms with Crippen molar-refractivity contribution in [3.8, 4) is 0 Å². The highest BCUT2D eigenvalue weighted by atomic mass is 16.2. The molecule has 0 unspecified atom stereocenters. The van der Waals surface area contributed by atoms with Gasteiger partial charge < -0.3 is 15.5 Å². The Morgan fingerprint density at radius 2 is 1.81 bits per heavy atom. The summed E-state index contributed by atoms with van der Waals surface area (Å²) in [6.07, 6.45) is 1.71. The summed E-state index contributed by atoms with van der Waals surface area (Å²) < 4.78 is 0. The van der Waals surface area contributed by atoms with Crippen molar-refractivity contribution in [2.24, 2.45) is 0 Å². The molecule has 2 aromatic carbocycles. The molecule has 134 valence electrons. The fraction of sp³-hybridized carbons (Fsp3) is 0.250. The van der Waals surface area contributed by atoms with Crippen molar-refractivity contribution in [3.05, 3.63) is 59.7 Å². The van der Waals surface area contributed by atoms with Gasteiger partial charge in [0.15, 0.2) is 0 Å². The van der Waals surface area contributed by atoms with E-state index in [0.29, 0.717) is 18.8 Å². The lowest BCUT2D eigenvalue weighted by Crippen LogP contribution is -2.35. The molecule has 3 amide bonds. The van der Waals surface area contributed by atoms with Crippen LogP contribution < -0.4 is 15.5 Å². The van der Waals surface area contributed by atoms with Gasteiger partial charge in [-0.15, -0.1) is 0 Å². The lowest BCUT2D eigenvalue weighted by Gasteiger charge is -2.28. The molecule has 0 spiro atoms. The molecule has 3 rings (SSSR count). The maximum Gasteiger partial charge on any atom is 0.313 e. The Kier molecular flexibility index (Phi) is 5.31. The van der Waals surface area contributed by atoms with E-state index in [9.17, 15) is 14.4 Å².